The largest absolute Gasteiger partial charge is 0.336 e. The van der Waals surface area contributed by atoms with Crippen LogP contribution in [-0.2, 0) is 13.1 Å². The zero-order valence-corrected chi connectivity index (χ0v) is 16.9. The van der Waals surface area contributed by atoms with E-state index in [1.807, 2.05) is 41.4 Å². The molecule has 0 N–H and O–H groups in total. The molecule has 1 aromatic carbocycles. The van der Waals surface area contributed by atoms with Gasteiger partial charge in [-0.25, -0.2) is 9.67 Å². The van der Waals surface area contributed by atoms with E-state index < -0.39 is 0 Å². The molecular formula is C22H24N6O2. The highest BCUT2D eigenvalue weighted by atomic mass is 16.2. The molecule has 0 atom stereocenters. The Morgan fingerprint density at radius 3 is 2.73 bits per heavy atom. The number of hydrogen-bond donors (Lipinski definition) is 0. The van der Waals surface area contributed by atoms with Gasteiger partial charge in [0, 0.05) is 51.2 Å². The first-order valence-corrected chi connectivity index (χ1v) is 10.3. The maximum atomic E-state index is 12.9. The standard InChI is InChI=1S/C22H24N6O2/c1-25(12-17-11-23-28(14-17)18-5-3-2-4-6-18)21(29)19-15-26-9-10-27(13-16-7-8-16)22(30)20(26)24-19/h2-6,11,14-16H,7-10,12-13H2,1H3. The SMILES string of the molecule is CN(Cc1cnn(-c2ccccc2)c1)C(=O)c1cn2c(n1)C(=O)N(CC1CC1)CC2. The van der Waals surface area contributed by atoms with Gasteiger partial charge in [0.25, 0.3) is 11.8 Å². The zero-order chi connectivity index (χ0) is 20.7. The number of imidazole rings is 1. The summed E-state index contributed by atoms with van der Waals surface area (Å²) in [6.45, 7) is 2.58. The molecule has 3 aromatic rings. The molecular weight excluding hydrogens is 380 g/mol. The Labute approximate surface area is 174 Å². The van der Waals surface area contributed by atoms with Gasteiger partial charge in [-0.15, -0.1) is 0 Å². The monoisotopic (exact) mass is 404 g/mol. The summed E-state index contributed by atoms with van der Waals surface area (Å²) in [5, 5.41) is 4.38. The first-order chi connectivity index (χ1) is 14.6. The molecule has 8 nitrogen and oxygen atoms in total. The minimum atomic E-state index is -0.203. The average molecular weight is 404 g/mol. The van der Waals surface area contributed by atoms with Crippen LogP contribution in [-0.4, -0.2) is 61.1 Å². The zero-order valence-electron chi connectivity index (χ0n) is 16.9. The summed E-state index contributed by atoms with van der Waals surface area (Å²) >= 11 is 0. The first-order valence-electron chi connectivity index (χ1n) is 10.3. The lowest BCUT2D eigenvalue weighted by molar-refractivity contribution is 0.0688. The van der Waals surface area contributed by atoms with Crippen molar-refractivity contribution in [2.75, 3.05) is 20.1 Å². The second kappa shape index (κ2) is 7.44. The lowest BCUT2D eigenvalue weighted by atomic mass is 10.3. The predicted octanol–water partition coefficient (Wildman–Crippen LogP) is 2.21. The number of benzene rings is 1. The van der Waals surface area contributed by atoms with Crippen molar-refractivity contribution in [3.63, 3.8) is 0 Å². The second-order valence-corrected chi connectivity index (χ2v) is 8.13. The number of nitrogens with zero attached hydrogens (tertiary/aromatic N) is 6. The number of carbonyl (C=O) groups is 2. The minimum absolute atomic E-state index is 0.0704. The maximum absolute atomic E-state index is 12.9. The molecule has 2 aliphatic rings. The van der Waals surface area contributed by atoms with Crippen LogP contribution in [0.4, 0.5) is 0 Å². The number of carbonyl (C=O) groups excluding carboxylic acids is 2. The predicted molar refractivity (Wildman–Crippen MR) is 110 cm³/mol. The van der Waals surface area contributed by atoms with Crippen LogP contribution in [0.5, 0.6) is 0 Å². The van der Waals surface area contributed by atoms with Gasteiger partial charge in [-0.1, -0.05) is 18.2 Å². The molecule has 0 unspecified atom stereocenters. The number of amides is 2. The third kappa shape index (κ3) is 3.60. The van der Waals surface area contributed by atoms with Crippen LogP contribution in [0.1, 0.15) is 39.5 Å². The Balaban J connectivity index is 1.27. The molecule has 3 heterocycles. The molecule has 1 fully saturated rings. The van der Waals surface area contributed by atoms with Crippen LogP contribution in [0, 0.1) is 5.92 Å². The van der Waals surface area contributed by atoms with E-state index in [1.165, 1.54) is 12.8 Å². The van der Waals surface area contributed by atoms with Crippen LogP contribution >= 0.6 is 0 Å². The number of hydrogen-bond acceptors (Lipinski definition) is 4. The van der Waals surface area contributed by atoms with Gasteiger partial charge >= 0.3 is 0 Å². The van der Waals surface area contributed by atoms with E-state index in [9.17, 15) is 9.59 Å². The summed E-state index contributed by atoms with van der Waals surface area (Å²) in [5.41, 5.74) is 2.20. The van der Waals surface area contributed by atoms with Gasteiger partial charge in [0.05, 0.1) is 11.9 Å². The fourth-order valence-corrected chi connectivity index (χ4v) is 3.82. The van der Waals surface area contributed by atoms with E-state index in [0.717, 1.165) is 17.8 Å². The Kier molecular flexibility index (Phi) is 4.61. The highest BCUT2D eigenvalue weighted by Gasteiger charge is 2.33. The van der Waals surface area contributed by atoms with Crippen molar-refractivity contribution in [1.29, 1.82) is 0 Å². The summed E-state index contributed by atoms with van der Waals surface area (Å²) in [5.74, 6) is 0.736. The molecule has 0 saturated heterocycles. The van der Waals surface area contributed by atoms with Gasteiger partial charge < -0.3 is 14.4 Å². The molecule has 8 heteroatoms. The fraction of sp³-hybridized carbons (Fsp3) is 0.364. The number of fused-ring (bicyclic) bond motifs is 1. The normalized spacial score (nSPS) is 15.9. The number of aromatic nitrogens is 4. The second-order valence-electron chi connectivity index (χ2n) is 8.13. The number of para-hydroxylation sites is 1. The molecule has 0 radical (unpaired) electrons. The van der Waals surface area contributed by atoms with Crippen molar-refractivity contribution in [1.82, 2.24) is 29.1 Å². The summed E-state index contributed by atoms with van der Waals surface area (Å²) in [6, 6.07) is 9.83. The van der Waals surface area contributed by atoms with Crippen molar-refractivity contribution in [2.24, 2.45) is 5.92 Å². The maximum Gasteiger partial charge on any atom is 0.289 e. The van der Waals surface area contributed by atoms with Gasteiger partial charge in [0.15, 0.2) is 5.82 Å². The molecule has 154 valence electrons. The molecule has 30 heavy (non-hydrogen) atoms. The highest BCUT2D eigenvalue weighted by molar-refractivity contribution is 5.96. The van der Waals surface area contributed by atoms with Crippen LogP contribution in [0.2, 0.25) is 0 Å². The van der Waals surface area contributed by atoms with E-state index in [0.29, 0.717) is 37.1 Å². The topological polar surface area (TPSA) is 76.3 Å². The Morgan fingerprint density at radius 2 is 1.97 bits per heavy atom. The van der Waals surface area contributed by atoms with Crippen molar-refractivity contribution in [3.8, 4) is 5.69 Å². The molecule has 0 spiro atoms. The Bertz CT molecular complexity index is 1080. The number of rotatable bonds is 6. The Hall–Kier alpha value is -3.42. The van der Waals surface area contributed by atoms with Crippen LogP contribution in [0.25, 0.3) is 5.69 Å². The quantitative estimate of drug-likeness (QED) is 0.631. The third-order valence-electron chi connectivity index (χ3n) is 5.68. The average Bonchev–Trinajstić information content (AvgIpc) is 3.27. The first kappa shape index (κ1) is 18.6. The molecule has 2 amide bonds. The van der Waals surface area contributed by atoms with E-state index in [-0.39, 0.29) is 11.8 Å². The highest BCUT2D eigenvalue weighted by Crippen LogP contribution is 2.30. The van der Waals surface area contributed by atoms with Crippen LogP contribution < -0.4 is 0 Å². The van der Waals surface area contributed by atoms with Crippen molar-refractivity contribution >= 4 is 11.8 Å². The van der Waals surface area contributed by atoms with Crippen LogP contribution in [0.15, 0.2) is 48.9 Å². The fourth-order valence-electron chi connectivity index (χ4n) is 3.82. The lowest BCUT2D eigenvalue weighted by Gasteiger charge is -2.27. The van der Waals surface area contributed by atoms with Crippen molar-refractivity contribution < 1.29 is 9.59 Å². The van der Waals surface area contributed by atoms with Gasteiger partial charge in [-0.3, -0.25) is 9.59 Å². The van der Waals surface area contributed by atoms with E-state index >= 15 is 0 Å². The lowest BCUT2D eigenvalue weighted by Crippen LogP contribution is -2.41. The molecule has 2 aromatic heterocycles. The molecule has 0 bridgehead atoms. The summed E-state index contributed by atoms with van der Waals surface area (Å²) in [7, 11) is 1.74. The van der Waals surface area contributed by atoms with E-state index in [2.05, 4.69) is 10.1 Å². The third-order valence-corrected chi connectivity index (χ3v) is 5.68. The van der Waals surface area contributed by atoms with Gasteiger partial charge in [0.2, 0.25) is 0 Å². The molecule has 1 aliphatic heterocycles. The molecule has 1 saturated carbocycles. The smallest absolute Gasteiger partial charge is 0.289 e. The molecule has 5 rings (SSSR count). The van der Waals surface area contributed by atoms with Crippen molar-refractivity contribution in [3.05, 3.63) is 66.0 Å². The van der Waals surface area contributed by atoms with Gasteiger partial charge in [-0.2, -0.15) is 5.10 Å². The summed E-state index contributed by atoms with van der Waals surface area (Å²) in [6.07, 6.45) is 7.78. The van der Waals surface area contributed by atoms with E-state index in [4.69, 9.17) is 0 Å². The summed E-state index contributed by atoms with van der Waals surface area (Å²) in [4.78, 5) is 33.5. The van der Waals surface area contributed by atoms with Gasteiger partial charge in [-0.05, 0) is 30.9 Å². The minimum Gasteiger partial charge on any atom is -0.336 e. The van der Waals surface area contributed by atoms with Crippen molar-refractivity contribution in [2.45, 2.75) is 25.9 Å². The van der Waals surface area contributed by atoms with Gasteiger partial charge in [0.1, 0.15) is 5.69 Å². The Morgan fingerprint density at radius 1 is 1.17 bits per heavy atom. The molecule has 1 aliphatic carbocycles. The van der Waals surface area contributed by atoms with Crippen LogP contribution in [0.3, 0.4) is 0 Å². The summed E-state index contributed by atoms with van der Waals surface area (Å²) < 4.78 is 3.59. The van der Waals surface area contributed by atoms with E-state index in [1.54, 1.807) is 33.6 Å².